The number of rotatable bonds is 4. The van der Waals surface area contributed by atoms with Crippen LogP contribution in [0.4, 0.5) is 6.01 Å². The molecule has 6 heterocycles. The first-order chi connectivity index (χ1) is 13.8. The Morgan fingerprint density at radius 2 is 2.00 bits per heavy atom. The normalized spacial score (nSPS) is 25.2. The molecule has 4 saturated heterocycles. The third kappa shape index (κ3) is 2.91. The van der Waals surface area contributed by atoms with E-state index < -0.39 is 0 Å². The highest BCUT2D eigenvalue weighted by atomic mass is 32.1. The molecule has 7 rings (SSSR count). The molecular weight excluding hydrogens is 374 g/mol. The zero-order valence-electron chi connectivity index (χ0n) is 15.6. The van der Waals surface area contributed by atoms with Crippen molar-refractivity contribution in [1.82, 2.24) is 20.2 Å². The number of oxazole rings is 1. The molecule has 3 aromatic rings. The number of nitrogens with one attached hydrogen (secondary N) is 1. The summed E-state index contributed by atoms with van der Waals surface area (Å²) < 4.78 is 11.9. The highest BCUT2D eigenvalue weighted by molar-refractivity contribution is 7.13. The third-order valence-electron chi connectivity index (χ3n) is 5.97. The van der Waals surface area contributed by atoms with E-state index in [4.69, 9.17) is 14.1 Å². The van der Waals surface area contributed by atoms with Crippen LogP contribution < -0.4 is 10.2 Å². The number of morpholine rings is 1. The SMILES string of the molecule is c1csc(-c2ccc(CN3CCOCC3)c3nc(N4CC5CC(C4)N5)oc23)n1. The van der Waals surface area contributed by atoms with Gasteiger partial charge in [-0.1, -0.05) is 6.07 Å². The highest BCUT2D eigenvalue weighted by Crippen LogP contribution is 2.36. The molecule has 2 aromatic heterocycles. The summed E-state index contributed by atoms with van der Waals surface area (Å²) in [5, 5.41) is 6.56. The van der Waals surface area contributed by atoms with E-state index in [1.54, 1.807) is 11.3 Å². The van der Waals surface area contributed by atoms with Crippen molar-refractivity contribution in [1.29, 1.82) is 0 Å². The third-order valence-corrected chi connectivity index (χ3v) is 6.78. The molecule has 146 valence electrons. The number of hydrogen-bond donors (Lipinski definition) is 1. The van der Waals surface area contributed by atoms with E-state index in [-0.39, 0.29) is 0 Å². The first-order valence-electron chi connectivity index (χ1n) is 9.97. The fraction of sp³-hybridized carbons (Fsp3) is 0.500. The summed E-state index contributed by atoms with van der Waals surface area (Å²) in [6.45, 7) is 6.32. The average Bonchev–Trinajstić information content (AvgIpc) is 3.39. The van der Waals surface area contributed by atoms with Crippen molar-refractivity contribution in [2.75, 3.05) is 44.3 Å². The van der Waals surface area contributed by atoms with Gasteiger partial charge in [0.15, 0.2) is 5.58 Å². The van der Waals surface area contributed by atoms with Crippen molar-refractivity contribution in [3.63, 3.8) is 0 Å². The molecule has 4 aliphatic heterocycles. The average molecular weight is 398 g/mol. The van der Waals surface area contributed by atoms with E-state index in [9.17, 15) is 0 Å². The molecule has 1 aromatic carbocycles. The Labute approximate surface area is 167 Å². The minimum Gasteiger partial charge on any atom is -0.423 e. The number of piperidine rings is 1. The van der Waals surface area contributed by atoms with Gasteiger partial charge in [-0.25, -0.2) is 4.98 Å². The Morgan fingerprint density at radius 1 is 1.18 bits per heavy atom. The molecule has 1 N–H and O–H groups in total. The molecule has 2 unspecified atom stereocenters. The van der Waals surface area contributed by atoms with Gasteiger partial charge >= 0.3 is 0 Å². The van der Waals surface area contributed by atoms with Gasteiger partial charge < -0.3 is 19.4 Å². The molecule has 0 spiro atoms. The van der Waals surface area contributed by atoms with E-state index in [1.807, 2.05) is 11.6 Å². The van der Waals surface area contributed by atoms with Crippen molar-refractivity contribution in [3.05, 3.63) is 29.3 Å². The van der Waals surface area contributed by atoms with Crippen molar-refractivity contribution >= 4 is 28.5 Å². The Hall–Kier alpha value is -2.00. The number of piperazine rings is 1. The van der Waals surface area contributed by atoms with Crippen molar-refractivity contribution in [2.24, 2.45) is 0 Å². The predicted molar refractivity (Wildman–Crippen MR) is 109 cm³/mol. The number of anilines is 1. The standard InChI is InChI=1S/C20H23N5O2S/c1-2-16(19-21-3-8-28-19)18-17(13(1)10-24-4-6-26-7-5-24)23-20(27-18)25-11-14-9-15(12-25)22-14/h1-3,8,14-15,22H,4-7,9-12H2. The number of benzene rings is 1. The molecule has 28 heavy (non-hydrogen) atoms. The summed E-state index contributed by atoms with van der Waals surface area (Å²) in [6, 6.07) is 6.22. The second-order valence-corrected chi connectivity index (χ2v) is 8.77. The molecule has 0 radical (unpaired) electrons. The summed E-state index contributed by atoms with van der Waals surface area (Å²) in [5.41, 5.74) is 4.09. The number of nitrogens with zero attached hydrogens (tertiary/aromatic N) is 4. The molecule has 7 nitrogen and oxygen atoms in total. The van der Waals surface area contributed by atoms with Gasteiger partial charge in [0, 0.05) is 56.4 Å². The molecule has 4 fully saturated rings. The fourth-order valence-corrected chi connectivity index (χ4v) is 5.17. The van der Waals surface area contributed by atoms with Crippen LogP contribution in [-0.2, 0) is 11.3 Å². The second kappa shape index (κ2) is 6.81. The van der Waals surface area contributed by atoms with Crippen LogP contribution in [0.1, 0.15) is 12.0 Å². The molecular formula is C20H23N5O2S. The maximum absolute atomic E-state index is 6.37. The summed E-state index contributed by atoms with van der Waals surface area (Å²) in [5.74, 6) is 0. The highest BCUT2D eigenvalue weighted by Gasteiger charge is 2.38. The van der Waals surface area contributed by atoms with Gasteiger partial charge in [0.2, 0.25) is 0 Å². The fourth-order valence-electron chi connectivity index (χ4n) is 4.51. The van der Waals surface area contributed by atoms with Crippen LogP contribution >= 0.6 is 11.3 Å². The summed E-state index contributed by atoms with van der Waals surface area (Å²) in [7, 11) is 0. The molecule has 4 aliphatic rings. The number of aromatic nitrogens is 2. The lowest BCUT2D eigenvalue weighted by molar-refractivity contribution is 0.0343. The number of thiazole rings is 1. The molecule has 2 atom stereocenters. The van der Waals surface area contributed by atoms with Gasteiger partial charge in [-0.05, 0) is 18.1 Å². The van der Waals surface area contributed by atoms with Crippen LogP contribution in [0.25, 0.3) is 21.7 Å². The van der Waals surface area contributed by atoms with E-state index in [1.165, 1.54) is 12.0 Å². The topological polar surface area (TPSA) is 66.7 Å². The first kappa shape index (κ1) is 16.9. The van der Waals surface area contributed by atoms with Gasteiger partial charge in [0.05, 0.1) is 18.8 Å². The summed E-state index contributed by atoms with van der Waals surface area (Å²) in [6.07, 6.45) is 3.11. The lowest BCUT2D eigenvalue weighted by atomic mass is 9.92. The van der Waals surface area contributed by atoms with Crippen LogP contribution in [0.2, 0.25) is 0 Å². The lowest BCUT2D eigenvalue weighted by Gasteiger charge is -2.47. The van der Waals surface area contributed by atoms with Crippen LogP contribution in [0.5, 0.6) is 0 Å². The second-order valence-electron chi connectivity index (χ2n) is 7.87. The van der Waals surface area contributed by atoms with E-state index in [0.29, 0.717) is 12.1 Å². The Balaban J connectivity index is 1.40. The predicted octanol–water partition coefficient (Wildman–Crippen LogP) is 2.33. The van der Waals surface area contributed by atoms with Crippen molar-refractivity contribution < 1.29 is 9.15 Å². The van der Waals surface area contributed by atoms with Crippen LogP contribution in [0.15, 0.2) is 28.1 Å². The Morgan fingerprint density at radius 3 is 2.75 bits per heavy atom. The van der Waals surface area contributed by atoms with Gasteiger partial charge in [0.25, 0.3) is 6.01 Å². The van der Waals surface area contributed by atoms with Crippen LogP contribution in [0, 0.1) is 0 Å². The van der Waals surface area contributed by atoms with Crippen molar-refractivity contribution in [2.45, 2.75) is 25.0 Å². The van der Waals surface area contributed by atoms with Gasteiger partial charge in [-0.15, -0.1) is 11.3 Å². The van der Waals surface area contributed by atoms with E-state index in [0.717, 1.165) is 73.6 Å². The number of hydrogen-bond acceptors (Lipinski definition) is 8. The monoisotopic (exact) mass is 397 g/mol. The van der Waals surface area contributed by atoms with E-state index in [2.05, 4.69) is 32.2 Å². The maximum Gasteiger partial charge on any atom is 0.298 e. The smallest absolute Gasteiger partial charge is 0.298 e. The maximum atomic E-state index is 6.37. The lowest BCUT2D eigenvalue weighted by Crippen LogP contribution is -2.67. The van der Waals surface area contributed by atoms with Crippen LogP contribution in [0.3, 0.4) is 0 Å². The zero-order chi connectivity index (χ0) is 18.5. The number of ether oxygens (including phenoxy) is 1. The summed E-state index contributed by atoms with van der Waals surface area (Å²) in [4.78, 5) is 14.2. The number of fused-ring (bicyclic) bond motifs is 3. The summed E-state index contributed by atoms with van der Waals surface area (Å²) >= 11 is 1.64. The van der Waals surface area contributed by atoms with Gasteiger partial charge in [-0.3, -0.25) is 4.90 Å². The molecule has 0 aliphatic carbocycles. The minimum atomic E-state index is 0.569. The zero-order valence-corrected chi connectivity index (χ0v) is 16.5. The van der Waals surface area contributed by atoms with Gasteiger partial charge in [0.1, 0.15) is 10.5 Å². The Kier molecular flexibility index (Phi) is 4.11. The van der Waals surface area contributed by atoms with Crippen LogP contribution in [-0.4, -0.2) is 66.3 Å². The largest absolute Gasteiger partial charge is 0.423 e. The molecule has 0 saturated carbocycles. The Bertz CT molecular complexity index is 966. The first-order valence-corrected chi connectivity index (χ1v) is 10.8. The minimum absolute atomic E-state index is 0.569. The van der Waals surface area contributed by atoms with E-state index >= 15 is 0 Å². The van der Waals surface area contributed by atoms with Gasteiger partial charge in [-0.2, -0.15) is 4.98 Å². The molecule has 2 bridgehead atoms. The molecule has 8 heteroatoms. The quantitative estimate of drug-likeness (QED) is 0.725. The van der Waals surface area contributed by atoms with Crippen molar-refractivity contribution in [3.8, 4) is 10.6 Å². The molecule has 0 amide bonds.